The van der Waals surface area contributed by atoms with E-state index in [1.807, 2.05) is 23.1 Å². The topological polar surface area (TPSA) is 33.5 Å². The summed E-state index contributed by atoms with van der Waals surface area (Å²) in [5.41, 5.74) is 1.38. The van der Waals surface area contributed by atoms with Gasteiger partial charge in [0.1, 0.15) is 5.76 Å². The molecule has 0 unspecified atom stereocenters. The van der Waals surface area contributed by atoms with Crippen LogP contribution in [0.3, 0.4) is 0 Å². The van der Waals surface area contributed by atoms with Crippen LogP contribution in [0.5, 0.6) is 0 Å². The molecule has 1 saturated heterocycles. The summed E-state index contributed by atoms with van der Waals surface area (Å²) in [7, 11) is 0. The SMILES string of the molecule is O=C(/C=C/c1ccco1)N1CCC(c2ccccc2)CC1. The zero-order valence-electron chi connectivity index (χ0n) is 11.9. The molecule has 0 N–H and O–H groups in total. The lowest BCUT2D eigenvalue weighted by Crippen LogP contribution is -2.36. The Balaban J connectivity index is 1.55. The van der Waals surface area contributed by atoms with Crippen molar-refractivity contribution in [1.29, 1.82) is 0 Å². The molecule has 1 fully saturated rings. The fourth-order valence-electron chi connectivity index (χ4n) is 2.80. The number of amides is 1. The maximum Gasteiger partial charge on any atom is 0.246 e. The summed E-state index contributed by atoms with van der Waals surface area (Å²) in [5, 5.41) is 0. The van der Waals surface area contributed by atoms with Crippen molar-refractivity contribution in [1.82, 2.24) is 4.90 Å². The van der Waals surface area contributed by atoms with Gasteiger partial charge in [-0.2, -0.15) is 0 Å². The quantitative estimate of drug-likeness (QED) is 0.804. The average Bonchev–Trinajstić information content (AvgIpc) is 3.07. The van der Waals surface area contributed by atoms with Gasteiger partial charge in [0.2, 0.25) is 5.91 Å². The Bertz CT molecular complexity index is 593. The van der Waals surface area contributed by atoms with Gasteiger partial charge in [0.25, 0.3) is 0 Å². The number of benzene rings is 1. The number of carbonyl (C=O) groups excluding carboxylic acids is 1. The molecule has 0 aliphatic carbocycles. The molecule has 3 nitrogen and oxygen atoms in total. The van der Waals surface area contributed by atoms with Crippen molar-refractivity contribution in [2.45, 2.75) is 18.8 Å². The predicted molar refractivity (Wildman–Crippen MR) is 82.7 cm³/mol. The van der Waals surface area contributed by atoms with Gasteiger partial charge in [0, 0.05) is 19.2 Å². The summed E-state index contributed by atoms with van der Waals surface area (Å²) in [5.74, 6) is 1.35. The van der Waals surface area contributed by atoms with Crippen molar-refractivity contribution >= 4 is 12.0 Å². The molecule has 0 atom stereocenters. The Morgan fingerprint density at radius 3 is 2.52 bits per heavy atom. The van der Waals surface area contributed by atoms with E-state index >= 15 is 0 Å². The molecule has 3 rings (SSSR count). The van der Waals surface area contributed by atoms with Crippen LogP contribution in [0.15, 0.2) is 59.2 Å². The molecule has 2 heterocycles. The zero-order valence-corrected chi connectivity index (χ0v) is 11.9. The van der Waals surface area contributed by atoms with E-state index < -0.39 is 0 Å². The van der Waals surface area contributed by atoms with E-state index in [9.17, 15) is 4.79 Å². The molecule has 3 heteroatoms. The predicted octanol–water partition coefficient (Wildman–Crippen LogP) is 3.70. The van der Waals surface area contributed by atoms with Crippen molar-refractivity contribution < 1.29 is 9.21 Å². The molecule has 108 valence electrons. The minimum absolute atomic E-state index is 0.0675. The molecule has 2 aromatic rings. The van der Waals surface area contributed by atoms with Crippen LogP contribution in [-0.2, 0) is 4.79 Å². The van der Waals surface area contributed by atoms with Crippen LogP contribution in [0.2, 0.25) is 0 Å². The van der Waals surface area contributed by atoms with Crippen LogP contribution in [0.1, 0.15) is 30.1 Å². The van der Waals surface area contributed by atoms with Gasteiger partial charge in [-0.3, -0.25) is 4.79 Å². The third-order valence-electron chi connectivity index (χ3n) is 4.01. The first-order valence-electron chi connectivity index (χ1n) is 7.38. The van der Waals surface area contributed by atoms with Gasteiger partial charge in [-0.15, -0.1) is 0 Å². The standard InChI is InChI=1S/C18H19NO2/c20-18(9-8-17-7-4-14-21-17)19-12-10-16(11-13-19)15-5-2-1-3-6-15/h1-9,14,16H,10-13H2/b9-8+. The van der Waals surface area contributed by atoms with Gasteiger partial charge in [0.15, 0.2) is 0 Å². The van der Waals surface area contributed by atoms with Crippen molar-refractivity contribution in [2.75, 3.05) is 13.1 Å². The number of likely N-dealkylation sites (tertiary alicyclic amines) is 1. The minimum atomic E-state index is 0.0675. The fourth-order valence-corrected chi connectivity index (χ4v) is 2.80. The first-order chi connectivity index (χ1) is 10.3. The molecule has 1 aliphatic rings. The van der Waals surface area contributed by atoms with E-state index in [1.165, 1.54) is 5.56 Å². The van der Waals surface area contributed by atoms with Gasteiger partial charge in [-0.05, 0) is 42.5 Å². The van der Waals surface area contributed by atoms with Crippen LogP contribution in [0, 0.1) is 0 Å². The lowest BCUT2D eigenvalue weighted by molar-refractivity contribution is -0.126. The van der Waals surface area contributed by atoms with Gasteiger partial charge in [0.05, 0.1) is 6.26 Å². The number of hydrogen-bond donors (Lipinski definition) is 0. The highest BCUT2D eigenvalue weighted by Crippen LogP contribution is 2.27. The van der Waals surface area contributed by atoms with Gasteiger partial charge < -0.3 is 9.32 Å². The van der Waals surface area contributed by atoms with Crippen LogP contribution < -0.4 is 0 Å². The minimum Gasteiger partial charge on any atom is -0.465 e. The normalized spacial score (nSPS) is 16.5. The van der Waals surface area contributed by atoms with E-state index in [-0.39, 0.29) is 5.91 Å². The largest absolute Gasteiger partial charge is 0.465 e. The van der Waals surface area contributed by atoms with Crippen molar-refractivity contribution in [3.63, 3.8) is 0 Å². The first-order valence-corrected chi connectivity index (χ1v) is 7.38. The molecule has 1 aromatic carbocycles. The highest BCUT2D eigenvalue weighted by Gasteiger charge is 2.22. The zero-order chi connectivity index (χ0) is 14.5. The monoisotopic (exact) mass is 281 g/mol. The number of piperidine rings is 1. The summed E-state index contributed by atoms with van der Waals surface area (Å²) in [6.07, 6.45) is 7.00. The van der Waals surface area contributed by atoms with E-state index in [1.54, 1.807) is 18.4 Å². The summed E-state index contributed by atoms with van der Waals surface area (Å²) in [6.45, 7) is 1.64. The van der Waals surface area contributed by atoms with Crippen molar-refractivity contribution in [3.8, 4) is 0 Å². The summed E-state index contributed by atoms with van der Waals surface area (Å²) in [4.78, 5) is 14.0. The van der Waals surface area contributed by atoms with E-state index in [0.717, 1.165) is 25.9 Å². The smallest absolute Gasteiger partial charge is 0.246 e. The summed E-state index contributed by atoms with van der Waals surface area (Å²) in [6, 6.07) is 14.2. The molecule has 1 amide bonds. The van der Waals surface area contributed by atoms with Gasteiger partial charge in [-0.1, -0.05) is 30.3 Å². The second-order valence-electron chi connectivity index (χ2n) is 5.36. The Kier molecular flexibility index (Phi) is 4.20. The van der Waals surface area contributed by atoms with E-state index in [4.69, 9.17) is 4.42 Å². The maximum absolute atomic E-state index is 12.1. The number of nitrogens with zero attached hydrogens (tertiary/aromatic N) is 1. The average molecular weight is 281 g/mol. The number of furan rings is 1. The van der Waals surface area contributed by atoms with Crippen LogP contribution in [0.25, 0.3) is 6.08 Å². The molecule has 0 saturated carbocycles. The molecular weight excluding hydrogens is 262 g/mol. The summed E-state index contributed by atoms with van der Waals surface area (Å²) < 4.78 is 5.19. The van der Waals surface area contributed by atoms with Crippen LogP contribution >= 0.6 is 0 Å². The second kappa shape index (κ2) is 6.44. The number of rotatable bonds is 3. The Hall–Kier alpha value is -2.29. The van der Waals surface area contributed by atoms with Crippen LogP contribution in [-0.4, -0.2) is 23.9 Å². The molecular formula is C18H19NO2. The van der Waals surface area contributed by atoms with E-state index in [2.05, 4.69) is 24.3 Å². The van der Waals surface area contributed by atoms with Gasteiger partial charge in [-0.25, -0.2) is 0 Å². The summed E-state index contributed by atoms with van der Waals surface area (Å²) >= 11 is 0. The third kappa shape index (κ3) is 3.43. The highest BCUT2D eigenvalue weighted by atomic mass is 16.3. The third-order valence-corrected chi connectivity index (χ3v) is 4.01. The Morgan fingerprint density at radius 1 is 1.10 bits per heavy atom. The van der Waals surface area contributed by atoms with Crippen LogP contribution in [0.4, 0.5) is 0 Å². The van der Waals surface area contributed by atoms with E-state index in [0.29, 0.717) is 11.7 Å². The number of carbonyl (C=O) groups is 1. The molecule has 0 spiro atoms. The lowest BCUT2D eigenvalue weighted by Gasteiger charge is -2.31. The Labute approximate surface area is 124 Å². The molecule has 1 aromatic heterocycles. The lowest BCUT2D eigenvalue weighted by atomic mass is 9.89. The van der Waals surface area contributed by atoms with Crippen molar-refractivity contribution in [3.05, 3.63) is 66.1 Å². The molecule has 1 aliphatic heterocycles. The van der Waals surface area contributed by atoms with Crippen molar-refractivity contribution in [2.24, 2.45) is 0 Å². The number of hydrogen-bond acceptors (Lipinski definition) is 2. The Morgan fingerprint density at radius 2 is 1.86 bits per heavy atom. The molecule has 0 bridgehead atoms. The molecule has 0 radical (unpaired) electrons. The maximum atomic E-state index is 12.1. The second-order valence-corrected chi connectivity index (χ2v) is 5.36. The molecule has 21 heavy (non-hydrogen) atoms. The fraction of sp³-hybridized carbons (Fsp3) is 0.278. The first kappa shape index (κ1) is 13.7. The highest BCUT2D eigenvalue weighted by molar-refractivity contribution is 5.91. The van der Waals surface area contributed by atoms with Gasteiger partial charge >= 0.3 is 0 Å².